The summed E-state index contributed by atoms with van der Waals surface area (Å²) in [6, 6.07) is 3.57. The molecule has 26 heavy (non-hydrogen) atoms. The molecule has 0 aromatic carbocycles. The SMILES string of the molecule is CC.CC.Cc1nccc(CNCNCc2ccnc(C)c2O)c1O.[V]. The molecular formula is C19H32N4O2V. The van der Waals surface area contributed by atoms with E-state index in [1.54, 1.807) is 38.4 Å². The summed E-state index contributed by atoms with van der Waals surface area (Å²) in [4.78, 5) is 8.03. The third kappa shape index (κ3) is 8.67. The molecule has 2 heterocycles. The fraction of sp³-hybridized carbons (Fsp3) is 0.474. The molecule has 0 fully saturated rings. The number of pyridine rings is 2. The van der Waals surface area contributed by atoms with Crippen molar-refractivity contribution < 1.29 is 28.8 Å². The van der Waals surface area contributed by atoms with Crippen molar-refractivity contribution in [3.63, 3.8) is 0 Å². The van der Waals surface area contributed by atoms with Crippen molar-refractivity contribution in [3.05, 3.63) is 47.0 Å². The molecule has 1 radical (unpaired) electrons. The summed E-state index contributed by atoms with van der Waals surface area (Å²) >= 11 is 0. The van der Waals surface area contributed by atoms with E-state index < -0.39 is 0 Å². The van der Waals surface area contributed by atoms with E-state index in [4.69, 9.17) is 0 Å². The van der Waals surface area contributed by atoms with E-state index in [1.165, 1.54) is 0 Å². The van der Waals surface area contributed by atoms with Crippen LogP contribution in [0.25, 0.3) is 0 Å². The van der Waals surface area contributed by atoms with Crippen LogP contribution in [-0.2, 0) is 31.6 Å². The standard InChI is InChI=1S/C15H20N4O2.2C2H6.V/c1-10-14(20)12(3-5-18-10)7-16-9-17-8-13-4-6-19-11(2)15(13)21;2*1-2;/h3-6,16-17,20-21H,7-9H2,1-2H3;2*1-2H3;. The summed E-state index contributed by atoms with van der Waals surface area (Å²) in [5.41, 5.74) is 2.87. The van der Waals surface area contributed by atoms with Gasteiger partial charge < -0.3 is 20.8 Å². The minimum Gasteiger partial charge on any atom is -0.506 e. The molecule has 0 saturated heterocycles. The molecule has 0 aliphatic rings. The van der Waals surface area contributed by atoms with Crippen LogP contribution in [0.4, 0.5) is 0 Å². The average Bonchev–Trinajstić information content (AvgIpc) is 2.65. The summed E-state index contributed by atoms with van der Waals surface area (Å²) in [6.45, 7) is 13.2. The number of aromatic nitrogens is 2. The first-order chi connectivity index (χ1) is 12.1. The maximum absolute atomic E-state index is 9.84. The molecule has 0 atom stereocenters. The van der Waals surface area contributed by atoms with Crippen molar-refractivity contribution in [1.82, 2.24) is 20.6 Å². The molecule has 2 aromatic rings. The monoisotopic (exact) mass is 399 g/mol. The molecule has 0 aliphatic carbocycles. The van der Waals surface area contributed by atoms with Crippen LogP contribution in [0, 0.1) is 13.8 Å². The third-order valence-electron chi connectivity index (χ3n) is 3.26. The summed E-state index contributed by atoms with van der Waals surface area (Å²) in [7, 11) is 0. The number of nitrogens with one attached hydrogen (secondary N) is 2. The van der Waals surface area contributed by atoms with Gasteiger partial charge in [0.1, 0.15) is 11.5 Å². The van der Waals surface area contributed by atoms with Crippen LogP contribution in [0.1, 0.15) is 50.2 Å². The molecule has 4 N–H and O–H groups in total. The zero-order valence-corrected chi connectivity index (χ0v) is 18.1. The summed E-state index contributed by atoms with van der Waals surface area (Å²) in [6.07, 6.45) is 3.36. The molecule has 2 aromatic heterocycles. The van der Waals surface area contributed by atoms with Gasteiger partial charge in [0.2, 0.25) is 0 Å². The van der Waals surface area contributed by atoms with Gasteiger partial charge in [-0.15, -0.1) is 0 Å². The first-order valence-electron chi connectivity index (χ1n) is 8.78. The number of rotatable bonds is 6. The fourth-order valence-electron chi connectivity index (χ4n) is 1.99. The molecule has 2 rings (SSSR count). The van der Waals surface area contributed by atoms with Gasteiger partial charge in [-0.3, -0.25) is 9.97 Å². The molecule has 0 bridgehead atoms. The predicted octanol–water partition coefficient (Wildman–Crippen LogP) is 3.39. The number of aromatic hydroxyl groups is 2. The van der Waals surface area contributed by atoms with Gasteiger partial charge in [0, 0.05) is 61.8 Å². The van der Waals surface area contributed by atoms with E-state index in [1.807, 2.05) is 27.7 Å². The quantitative estimate of drug-likeness (QED) is 0.440. The van der Waals surface area contributed by atoms with Gasteiger partial charge in [-0.05, 0) is 26.0 Å². The molecule has 0 unspecified atom stereocenters. The minimum atomic E-state index is 0. The second-order valence-corrected chi connectivity index (χ2v) is 4.84. The summed E-state index contributed by atoms with van der Waals surface area (Å²) in [5, 5.41) is 26.0. The van der Waals surface area contributed by atoms with Crippen LogP contribution in [0.5, 0.6) is 11.5 Å². The number of hydrogen-bond donors (Lipinski definition) is 4. The topological polar surface area (TPSA) is 90.3 Å². The number of nitrogens with zero attached hydrogens (tertiary/aromatic N) is 2. The van der Waals surface area contributed by atoms with Crippen LogP contribution in [0.15, 0.2) is 24.5 Å². The fourth-order valence-corrected chi connectivity index (χ4v) is 1.99. The minimum absolute atomic E-state index is 0. The Hall–Kier alpha value is -1.60. The second-order valence-electron chi connectivity index (χ2n) is 4.84. The van der Waals surface area contributed by atoms with Gasteiger partial charge in [0.25, 0.3) is 0 Å². The Morgan fingerprint density at radius 3 is 1.46 bits per heavy atom. The van der Waals surface area contributed by atoms with Gasteiger partial charge in [-0.25, -0.2) is 0 Å². The average molecular weight is 399 g/mol. The largest absolute Gasteiger partial charge is 0.506 e. The first-order valence-corrected chi connectivity index (χ1v) is 8.78. The van der Waals surface area contributed by atoms with Crippen LogP contribution >= 0.6 is 0 Å². The van der Waals surface area contributed by atoms with E-state index in [2.05, 4.69) is 20.6 Å². The molecule has 145 valence electrons. The summed E-state index contributed by atoms with van der Waals surface area (Å²) < 4.78 is 0. The molecule has 0 saturated carbocycles. The van der Waals surface area contributed by atoms with Crippen LogP contribution in [0.2, 0.25) is 0 Å². The zero-order valence-electron chi connectivity index (χ0n) is 16.7. The smallest absolute Gasteiger partial charge is 0.141 e. The first kappa shape index (κ1) is 26.6. The Bertz CT molecular complexity index is 571. The van der Waals surface area contributed by atoms with Crippen LogP contribution < -0.4 is 10.6 Å². The molecule has 7 heteroatoms. The van der Waals surface area contributed by atoms with Crippen molar-refractivity contribution >= 4 is 0 Å². The number of hydrogen-bond acceptors (Lipinski definition) is 6. The molecular weight excluding hydrogens is 367 g/mol. The zero-order chi connectivity index (χ0) is 19.2. The molecule has 0 amide bonds. The van der Waals surface area contributed by atoms with E-state index in [0.717, 1.165) is 11.1 Å². The predicted molar refractivity (Wildman–Crippen MR) is 103 cm³/mol. The van der Waals surface area contributed by atoms with Crippen molar-refractivity contribution in [2.24, 2.45) is 0 Å². The molecule has 0 aliphatic heterocycles. The van der Waals surface area contributed by atoms with Crippen molar-refractivity contribution in [2.45, 2.75) is 54.6 Å². The van der Waals surface area contributed by atoms with Gasteiger partial charge in [0.05, 0.1) is 11.4 Å². The van der Waals surface area contributed by atoms with E-state index >= 15 is 0 Å². The van der Waals surface area contributed by atoms with E-state index in [-0.39, 0.29) is 30.1 Å². The Kier molecular flexibility index (Phi) is 16.0. The Balaban J connectivity index is 0. The van der Waals surface area contributed by atoms with Crippen molar-refractivity contribution in [2.75, 3.05) is 6.67 Å². The van der Waals surface area contributed by atoms with Crippen molar-refractivity contribution in [1.29, 1.82) is 0 Å². The maximum Gasteiger partial charge on any atom is 0.141 e. The van der Waals surface area contributed by atoms with Gasteiger partial charge >= 0.3 is 0 Å². The Morgan fingerprint density at radius 2 is 1.12 bits per heavy atom. The van der Waals surface area contributed by atoms with Gasteiger partial charge in [0.15, 0.2) is 0 Å². The normalized spacial score (nSPS) is 9.15. The molecule has 0 spiro atoms. The van der Waals surface area contributed by atoms with E-state index in [9.17, 15) is 10.2 Å². The Morgan fingerprint density at radius 1 is 0.769 bits per heavy atom. The van der Waals surface area contributed by atoms with Crippen LogP contribution in [-0.4, -0.2) is 26.8 Å². The summed E-state index contributed by atoms with van der Waals surface area (Å²) in [5.74, 6) is 0.458. The molecule has 6 nitrogen and oxygen atoms in total. The van der Waals surface area contributed by atoms with Crippen LogP contribution in [0.3, 0.4) is 0 Å². The Labute approximate surface area is 169 Å². The van der Waals surface area contributed by atoms with Crippen molar-refractivity contribution in [3.8, 4) is 11.5 Å². The van der Waals surface area contributed by atoms with E-state index in [0.29, 0.717) is 31.1 Å². The van der Waals surface area contributed by atoms with Gasteiger partial charge in [-0.1, -0.05) is 27.7 Å². The third-order valence-corrected chi connectivity index (χ3v) is 3.26. The second kappa shape index (κ2) is 15.6. The maximum atomic E-state index is 9.84. The van der Waals surface area contributed by atoms with Gasteiger partial charge in [-0.2, -0.15) is 0 Å². The number of aryl methyl sites for hydroxylation is 2.